The minimum Gasteiger partial charge on any atom is -0.497 e. The number of hydrogen-bond donors (Lipinski definition) is 0. The van der Waals surface area contributed by atoms with E-state index in [1.807, 2.05) is 48.0 Å². The maximum Gasteiger partial charge on any atom is 0.237 e. The monoisotopic (exact) mass is 443 g/mol. The second-order valence-electron chi connectivity index (χ2n) is 6.24. The molecule has 0 atom stereocenters. The third-order valence-electron chi connectivity index (χ3n) is 4.38. The summed E-state index contributed by atoms with van der Waals surface area (Å²) in [4.78, 5) is 4.48. The standard InChI is InChI=1S/C20H18ClN5O3S/c1-26-19(12-4-6-13(21)7-5-12)23-24-20(26)30-11-17-22-18(25-29-17)15-10-14(27-2)8-9-16(15)28-3/h4-10H,11H2,1-3H3. The predicted molar refractivity (Wildman–Crippen MR) is 114 cm³/mol. The zero-order valence-corrected chi connectivity index (χ0v) is 18.1. The Morgan fingerprint density at radius 3 is 2.60 bits per heavy atom. The molecule has 2 heterocycles. The van der Waals surface area contributed by atoms with Gasteiger partial charge in [0.1, 0.15) is 11.5 Å². The number of benzene rings is 2. The van der Waals surface area contributed by atoms with Gasteiger partial charge in [0.15, 0.2) is 11.0 Å². The van der Waals surface area contributed by atoms with Gasteiger partial charge in [0.05, 0.1) is 25.5 Å². The minimum atomic E-state index is 0.432. The SMILES string of the molecule is COc1ccc(OC)c(-c2noc(CSc3nnc(-c4ccc(Cl)cc4)n3C)n2)c1. The molecule has 0 saturated carbocycles. The Bertz CT molecular complexity index is 1160. The van der Waals surface area contributed by atoms with E-state index in [2.05, 4.69) is 20.3 Å². The Hall–Kier alpha value is -3.04. The molecule has 0 aliphatic heterocycles. The molecule has 4 rings (SSSR count). The summed E-state index contributed by atoms with van der Waals surface area (Å²) < 4.78 is 18.0. The molecule has 2 aromatic carbocycles. The summed E-state index contributed by atoms with van der Waals surface area (Å²) in [6, 6.07) is 12.9. The molecular formula is C20H18ClN5O3S. The molecule has 8 nitrogen and oxygen atoms in total. The van der Waals surface area contributed by atoms with Crippen LogP contribution in [0.15, 0.2) is 52.1 Å². The number of rotatable bonds is 7. The van der Waals surface area contributed by atoms with E-state index in [9.17, 15) is 0 Å². The summed E-state index contributed by atoms with van der Waals surface area (Å²) in [6.07, 6.45) is 0. The number of halogens is 1. The highest BCUT2D eigenvalue weighted by molar-refractivity contribution is 7.98. The van der Waals surface area contributed by atoms with Gasteiger partial charge in [0, 0.05) is 17.6 Å². The van der Waals surface area contributed by atoms with Crippen LogP contribution in [0, 0.1) is 0 Å². The van der Waals surface area contributed by atoms with Gasteiger partial charge in [0.2, 0.25) is 11.7 Å². The van der Waals surface area contributed by atoms with Crippen molar-refractivity contribution >= 4 is 23.4 Å². The van der Waals surface area contributed by atoms with Crippen LogP contribution in [0.5, 0.6) is 11.5 Å². The van der Waals surface area contributed by atoms with Crippen molar-refractivity contribution < 1.29 is 14.0 Å². The molecule has 0 saturated heterocycles. The first-order valence-electron chi connectivity index (χ1n) is 8.92. The maximum absolute atomic E-state index is 5.96. The first kappa shape index (κ1) is 20.2. The smallest absolute Gasteiger partial charge is 0.237 e. The van der Waals surface area contributed by atoms with Crippen LogP contribution in [0.3, 0.4) is 0 Å². The van der Waals surface area contributed by atoms with Gasteiger partial charge in [-0.1, -0.05) is 28.5 Å². The van der Waals surface area contributed by atoms with Crippen LogP contribution in [0.2, 0.25) is 5.02 Å². The average Bonchev–Trinajstić information content (AvgIpc) is 3.39. The normalized spacial score (nSPS) is 10.9. The van der Waals surface area contributed by atoms with Crippen molar-refractivity contribution in [2.75, 3.05) is 14.2 Å². The topological polar surface area (TPSA) is 88.1 Å². The first-order valence-corrected chi connectivity index (χ1v) is 10.3. The van der Waals surface area contributed by atoms with Crippen LogP contribution in [0.25, 0.3) is 22.8 Å². The molecule has 0 amide bonds. The molecule has 30 heavy (non-hydrogen) atoms. The second-order valence-corrected chi connectivity index (χ2v) is 7.62. The Morgan fingerprint density at radius 1 is 1.07 bits per heavy atom. The van der Waals surface area contributed by atoms with Crippen molar-refractivity contribution in [3.8, 4) is 34.3 Å². The van der Waals surface area contributed by atoms with Crippen molar-refractivity contribution in [2.24, 2.45) is 7.05 Å². The fraction of sp³-hybridized carbons (Fsp3) is 0.200. The summed E-state index contributed by atoms with van der Waals surface area (Å²) in [6.45, 7) is 0. The fourth-order valence-corrected chi connectivity index (χ4v) is 3.70. The quantitative estimate of drug-likeness (QED) is 0.386. The van der Waals surface area contributed by atoms with Crippen molar-refractivity contribution in [3.05, 3.63) is 53.4 Å². The van der Waals surface area contributed by atoms with Gasteiger partial charge >= 0.3 is 0 Å². The van der Waals surface area contributed by atoms with Crippen LogP contribution < -0.4 is 9.47 Å². The lowest BCUT2D eigenvalue weighted by molar-refractivity contribution is 0.389. The highest BCUT2D eigenvalue weighted by Gasteiger charge is 2.17. The number of aromatic nitrogens is 5. The number of ether oxygens (including phenoxy) is 2. The highest BCUT2D eigenvalue weighted by atomic mass is 35.5. The molecule has 0 N–H and O–H groups in total. The van der Waals surface area contributed by atoms with Crippen molar-refractivity contribution in [2.45, 2.75) is 10.9 Å². The summed E-state index contributed by atoms with van der Waals surface area (Å²) in [7, 11) is 5.10. The number of thioether (sulfide) groups is 1. The first-order chi connectivity index (χ1) is 14.6. The Balaban J connectivity index is 1.50. The lowest BCUT2D eigenvalue weighted by Crippen LogP contribution is -1.95. The van der Waals surface area contributed by atoms with Crippen LogP contribution in [0.4, 0.5) is 0 Å². The number of nitrogens with zero attached hydrogens (tertiary/aromatic N) is 5. The van der Waals surface area contributed by atoms with Crippen LogP contribution in [-0.4, -0.2) is 39.1 Å². The Labute approximate surface area is 182 Å². The molecule has 0 bridgehead atoms. The van der Waals surface area contributed by atoms with Crippen molar-refractivity contribution in [3.63, 3.8) is 0 Å². The van der Waals surface area contributed by atoms with Gasteiger partial charge in [-0.2, -0.15) is 4.98 Å². The molecule has 2 aromatic heterocycles. The van der Waals surface area contributed by atoms with Crippen LogP contribution in [-0.2, 0) is 12.8 Å². The van der Waals surface area contributed by atoms with E-state index < -0.39 is 0 Å². The summed E-state index contributed by atoms with van der Waals surface area (Å²) in [5.74, 6) is 3.42. The van der Waals surface area contributed by atoms with Gasteiger partial charge in [-0.05, 0) is 42.5 Å². The molecule has 0 aliphatic carbocycles. The highest BCUT2D eigenvalue weighted by Crippen LogP contribution is 2.32. The number of hydrogen-bond acceptors (Lipinski definition) is 8. The molecule has 10 heteroatoms. The molecule has 154 valence electrons. The van der Waals surface area contributed by atoms with E-state index in [-0.39, 0.29) is 0 Å². The lowest BCUT2D eigenvalue weighted by Gasteiger charge is -2.07. The van der Waals surface area contributed by atoms with Gasteiger partial charge in [-0.25, -0.2) is 0 Å². The largest absolute Gasteiger partial charge is 0.497 e. The summed E-state index contributed by atoms with van der Waals surface area (Å²) in [5, 5.41) is 14.0. The molecule has 0 fully saturated rings. The second kappa shape index (κ2) is 8.76. The molecule has 0 spiro atoms. The van der Waals surface area contributed by atoms with E-state index in [0.29, 0.717) is 39.6 Å². The van der Waals surface area contributed by atoms with Crippen molar-refractivity contribution in [1.82, 2.24) is 24.9 Å². The molecule has 0 aliphatic rings. The molecular weight excluding hydrogens is 426 g/mol. The third kappa shape index (κ3) is 4.12. The average molecular weight is 444 g/mol. The maximum atomic E-state index is 5.96. The number of methoxy groups -OCH3 is 2. The van der Waals surface area contributed by atoms with Gasteiger partial charge in [-0.15, -0.1) is 10.2 Å². The summed E-state index contributed by atoms with van der Waals surface area (Å²) >= 11 is 7.41. The van der Waals surface area contributed by atoms with Crippen LogP contribution >= 0.6 is 23.4 Å². The zero-order chi connectivity index (χ0) is 21.1. The van der Waals surface area contributed by atoms with Crippen molar-refractivity contribution in [1.29, 1.82) is 0 Å². The Kier molecular flexibility index (Phi) is 5.91. The molecule has 0 radical (unpaired) electrons. The van der Waals surface area contributed by atoms with E-state index >= 15 is 0 Å². The van der Waals surface area contributed by atoms with Gasteiger partial charge < -0.3 is 18.6 Å². The van der Waals surface area contributed by atoms with E-state index in [1.54, 1.807) is 20.3 Å². The zero-order valence-electron chi connectivity index (χ0n) is 16.5. The van der Waals surface area contributed by atoms with E-state index in [1.165, 1.54) is 11.8 Å². The van der Waals surface area contributed by atoms with E-state index in [0.717, 1.165) is 16.5 Å². The Morgan fingerprint density at radius 2 is 1.87 bits per heavy atom. The molecule has 0 unspecified atom stereocenters. The van der Waals surface area contributed by atoms with Gasteiger partial charge in [-0.3, -0.25) is 0 Å². The summed E-state index contributed by atoms with van der Waals surface area (Å²) in [5.41, 5.74) is 1.63. The predicted octanol–water partition coefficient (Wildman–Crippen LogP) is 4.50. The third-order valence-corrected chi connectivity index (χ3v) is 5.63. The van der Waals surface area contributed by atoms with Crippen LogP contribution in [0.1, 0.15) is 5.89 Å². The fourth-order valence-electron chi connectivity index (χ4n) is 2.83. The van der Waals surface area contributed by atoms with E-state index in [4.69, 9.17) is 25.6 Å². The molecule has 4 aromatic rings. The van der Waals surface area contributed by atoms with Gasteiger partial charge in [0.25, 0.3) is 0 Å². The minimum absolute atomic E-state index is 0.432. The lowest BCUT2D eigenvalue weighted by atomic mass is 10.2.